The zero-order valence-corrected chi connectivity index (χ0v) is 19.6. The number of anilines is 2. The van der Waals surface area contributed by atoms with E-state index in [0.717, 1.165) is 77.3 Å². The highest BCUT2D eigenvalue weighted by molar-refractivity contribution is 6.36. The lowest BCUT2D eigenvalue weighted by Gasteiger charge is -2.39. The van der Waals surface area contributed by atoms with Crippen LogP contribution >= 0.6 is 11.6 Å². The molecule has 174 valence electrons. The molecule has 0 aromatic carbocycles. The van der Waals surface area contributed by atoms with Gasteiger partial charge in [0.1, 0.15) is 16.9 Å². The average molecular weight is 470 g/mol. The van der Waals surface area contributed by atoms with Gasteiger partial charge in [-0.05, 0) is 43.6 Å². The highest BCUT2D eigenvalue weighted by Crippen LogP contribution is 2.40. The molecule has 0 bridgehead atoms. The zero-order valence-electron chi connectivity index (χ0n) is 18.8. The van der Waals surface area contributed by atoms with Gasteiger partial charge in [-0.3, -0.25) is 14.5 Å². The van der Waals surface area contributed by atoms with Crippen LogP contribution in [0.5, 0.6) is 0 Å². The second kappa shape index (κ2) is 7.99. The average Bonchev–Trinajstić information content (AvgIpc) is 3.59. The highest BCUT2D eigenvalue weighted by Gasteiger charge is 2.39. The number of hydrogen-bond acceptors (Lipinski definition) is 7. The van der Waals surface area contributed by atoms with Crippen molar-refractivity contribution in [2.75, 3.05) is 49.2 Å². The molecule has 3 saturated heterocycles. The topological polar surface area (TPSA) is 92.2 Å². The van der Waals surface area contributed by atoms with Crippen LogP contribution in [0.4, 0.5) is 11.8 Å². The van der Waals surface area contributed by atoms with Crippen molar-refractivity contribution in [3.8, 4) is 11.3 Å². The van der Waals surface area contributed by atoms with E-state index < -0.39 is 0 Å². The monoisotopic (exact) mass is 469 g/mol. The largest absolute Gasteiger partial charge is 0.381 e. The van der Waals surface area contributed by atoms with Gasteiger partial charge in [-0.2, -0.15) is 10.1 Å². The first-order valence-electron chi connectivity index (χ1n) is 11.7. The van der Waals surface area contributed by atoms with Crippen molar-refractivity contribution in [3.05, 3.63) is 27.6 Å². The van der Waals surface area contributed by atoms with Crippen molar-refractivity contribution < 1.29 is 4.74 Å². The summed E-state index contributed by atoms with van der Waals surface area (Å²) in [5, 5.41) is 8.44. The summed E-state index contributed by atoms with van der Waals surface area (Å²) in [7, 11) is 1.79. The number of nitrogens with zero attached hydrogens (tertiary/aromatic N) is 6. The molecule has 0 unspecified atom stereocenters. The first-order valence-corrected chi connectivity index (χ1v) is 12.1. The Morgan fingerprint density at radius 1 is 1.12 bits per heavy atom. The third-order valence-electron chi connectivity index (χ3n) is 7.60. The molecule has 3 aliphatic heterocycles. The minimum Gasteiger partial charge on any atom is -0.381 e. The molecule has 0 amide bonds. The van der Waals surface area contributed by atoms with Crippen LogP contribution in [0.1, 0.15) is 32.1 Å². The molecule has 33 heavy (non-hydrogen) atoms. The molecule has 6 heterocycles. The van der Waals surface area contributed by atoms with E-state index >= 15 is 0 Å². The highest BCUT2D eigenvalue weighted by atomic mass is 35.5. The Labute approximate surface area is 196 Å². The van der Waals surface area contributed by atoms with Crippen LogP contribution in [0.25, 0.3) is 22.3 Å². The number of fused-ring (bicyclic) bond motifs is 1. The molecule has 0 aliphatic carbocycles. The van der Waals surface area contributed by atoms with Crippen molar-refractivity contribution in [1.82, 2.24) is 24.7 Å². The van der Waals surface area contributed by atoms with Crippen LogP contribution in [0, 0.1) is 5.41 Å². The van der Waals surface area contributed by atoms with Crippen molar-refractivity contribution >= 4 is 34.4 Å². The maximum absolute atomic E-state index is 13.5. The number of H-pyrrole nitrogens is 1. The van der Waals surface area contributed by atoms with Crippen LogP contribution in [0.2, 0.25) is 5.02 Å². The molecule has 3 aromatic heterocycles. The summed E-state index contributed by atoms with van der Waals surface area (Å²) < 4.78 is 7.29. The number of hydrogen-bond donors (Lipinski definition) is 1. The van der Waals surface area contributed by atoms with Crippen LogP contribution in [-0.4, -0.2) is 64.1 Å². The van der Waals surface area contributed by atoms with E-state index in [1.807, 2.05) is 6.07 Å². The third kappa shape index (κ3) is 3.40. The Balaban J connectivity index is 1.37. The lowest BCUT2D eigenvalue weighted by Crippen LogP contribution is -2.43. The van der Waals surface area contributed by atoms with Gasteiger partial charge in [-0.25, -0.2) is 4.98 Å². The summed E-state index contributed by atoms with van der Waals surface area (Å²) in [4.78, 5) is 27.2. The Morgan fingerprint density at radius 2 is 1.91 bits per heavy atom. The Hall–Kier alpha value is -2.65. The predicted molar refractivity (Wildman–Crippen MR) is 128 cm³/mol. The van der Waals surface area contributed by atoms with E-state index in [4.69, 9.17) is 21.3 Å². The Morgan fingerprint density at radius 3 is 2.64 bits per heavy atom. The van der Waals surface area contributed by atoms with Gasteiger partial charge in [0.2, 0.25) is 5.95 Å². The standard InChI is InChI=1S/C23H28ClN7O2/c1-29-21(32)16-18(15-4-8-25-20(17(15)24)30-9-2-3-10-30)27-28-19(16)26-22(29)31-11-5-23(6-12-31)7-13-33-14-23/h4,8H,2-3,5-7,9-14H2,1H3,(H,27,28). The van der Waals surface area contributed by atoms with Crippen molar-refractivity contribution in [2.24, 2.45) is 12.5 Å². The minimum atomic E-state index is -0.126. The van der Waals surface area contributed by atoms with Gasteiger partial charge < -0.3 is 14.5 Å². The molecule has 3 aliphatic rings. The van der Waals surface area contributed by atoms with Crippen LogP contribution in [0.15, 0.2) is 17.1 Å². The molecule has 0 radical (unpaired) electrons. The fourth-order valence-electron chi connectivity index (χ4n) is 5.52. The quantitative estimate of drug-likeness (QED) is 0.630. The summed E-state index contributed by atoms with van der Waals surface area (Å²) >= 11 is 6.78. The van der Waals surface area contributed by atoms with Gasteiger partial charge in [0, 0.05) is 51.6 Å². The van der Waals surface area contributed by atoms with Crippen molar-refractivity contribution in [2.45, 2.75) is 32.1 Å². The molecule has 3 aromatic rings. The molecule has 1 spiro atoms. The van der Waals surface area contributed by atoms with Crippen molar-refractivity contribution in [3.63, 3.8) is 0 Å². The smallest absolute Gasteiger partial charge is 0.266 e. The van der Waals surface area contributed by atoms with Crippen molar-refractivity contribution in [1.29, 1.82) is 0 Å². The van der Waals surface area contributed by atoms with E-state index in [0.29, 0.717) is 38.7 Å². The van der Waals surface area contributed by atoms with Gasteiger partial charge in [0.25, 0.3) is 5.56 Å². The third-order valence-corrected chi connectivity index (χ3v) is 7.97. The molecular formula is C23H28ClN7O2. The van der Waals surface area contributed by atoms with Gasteiger partial charge >= 0.3 is 0 Å². The molecule has 1 N–H and O–H groups in total. The van der Waals surface area contributed by atoms with E-state index in [1.165, 1.54) is 0 Å². The van der Waals surface area contributed by atoms with Gasteiger partial charge in [-0.15, -0.1) is 0 Å². The number of ether oxygens (including phenoxy) is 1. The second-order valence-corrected chi connectivity index (χ2v) is 9.93. The van der Waals surface area contributed by atoms with Crippen LogP contribution in [0.3, 0.4) is 0 Å². The summed E-state index contributed by atoms with van der Waals surface area (Å²) in [5.41, 5.74) is 1.89. The Bertz CT molecular complexity index is 1250. The number of halogens is 1. The second-order valence-electron chi connectivity index (χ2n) is 9.55. The maximum Gasteiger partial charge on any atom is 0.266 e. The Kier molecular flexibility index (Phi) is 5.06. The SMILES string of the molecule is Cn1c(N2CCC3(CCOC3)CC2)nc2[nH]nc(-c3ccnc(N4CCCC4)c3Cl)c2c1=O. The number of aromatic nitrogens is 5. The summed E-state index contributed by atoms with van der Waals surface area (Å²) in [6.07, 6.45) is 7.24. The first kappa shape index (κ1) is 20.9. The molecule has 10 heteroatoms. The molecule has 0 saturated carbocycles. The molecule has 3 fully saturated rings. The van der Waals surface area contributed by atoms with E-state index in [1.54, 1.807) is 17.8 Å². The minimum absolute atomic E-state index is 0.126. The zero-order chi connectivity index (χ0) is 22.6. The molecule has 9 nitrogen and oxygen atoms in total. The van der Waals surface area contributed by atoms with E-state index in [-0.39, 0.29) is 5.56 Å². The van der Waals surface area contributed by atoms with E-state index in [9.17, 15) is 4.79 Å². The summed E-state index contributed by atoms with van der Waals surface area (Å²) in [6, 6.07) is 1.82. The first-order chi connectivity index (χ1) is 16.1. The lowest BCUT2D eigenvalue weighted by atomic mass is 9.78. The molecule has 0 atom stereocenters. The normalized spacial score (nSPS) is 20.4. The molecule has 6 rings (SSSR count). The van der Waals surface area contributed by atoms with Crippen LogP contribution < -0.4 is 15.4 Å². The van der Waals surface area contributed by atoms with Gasteiger partial charge in [0.05, 0.1) is 11.6 Å². The summed E-state index contributed by atoms with van der Waals surface area (Å²) in [5.74, 6) is 1.43. The molecular weight excluding hydrogens is 442 g/mol. The fourth-order valence-corrected chi connectivity index (χ4v) is 5.84. The number of pyridine rings is 1. The number of aromatic amines is 1. The lowest BCUT2D eigenvalue weighted by molar-refractivity contribution is 0.133. The van der Waals surface area contributed by atoms with E-state index in [2.05, 4.69) is 25.0 Å². The maximum atomic E-state index is 13.5. The fraction of sp³-hybridized carbons (Fsp3) is 0.565. The van der Waals surface area contributed by atoms with Gasteiger partial charge in [0.15, 0.2) is 5.65 Å². The summed E-state index contributed by atoms with van der Waals surface area (Å²) in [6.45, 7) is 5.32. The predicted octanol–water partition coefficient (Wildman–Crippen LogP) is 2.98. The van der Waals surface area contributed by atoms with Crippen LogP contribution in [-0.2, 0) is 11.8 Å². The van der Waals surface area contributed by atoms with Gasteiger partial charge in [-0.1, -0.05) is 11.6 Å². The number of nitrogens with one attached hydrogen (secondary N) is 1. The number of rotatable bonds is 3. The number of piperidine rings is 1.